The van der Waals surface area contributed by atoms with E-state index in [1.165, 1.54) is 112 Å². The van der Waals surface area contributed by atoms with E-state index in [1.54, 1.807) is 0 Å². The molecule has 11 rings (SSSR count). The number of rotatable bonds is 2. The number of fused-ring (bicyclic) bond motifs is 9. The number of hydrogen-bond donors (Lipinski definition) is 0. The molecule has 218 valence electrons. The molecule has 9 aromatic carbocycles. The molecule has 2 unspecified atom stereocenters. The summed E-state index contributed by atoms with van der Waals surface area (Å²) in [5.74, 6) is 0. The maximum atomic E-state index is 2.65. The Hall–Kier alpha value is -5.14. The quantitative estimate of drug-likeness (QED) is 0.194. The minimum absolute atomic E-state index is 0.0717. The van der Waals surface area contributed by atoms with Crippen LogP contribution in [0.3, 0.4) is 0 Å². The van der Waals surface area contributed by atoms with Crippen molar-refractivity contribution in [3.05, 3.63) is 133 Å². The van der Waals surface area contributed by atoms with E-state index in [1.807, 2.05) is 0 Å². The van der Waals surface area contributed by atoms with Crippen LogP contribution in [0.2, 0.25) is 0 Å². The molecule has 46 heavy (non-hydrogen) atoms. The lowest BCUT2D eigenvalue weighted by atomic mass is 9.72. The van der Waals surface area contributed by atoms with Gasteiger partial charge in [0.05, 0.1) is 5.54 Å². The highest BCUT2D eigenvalue weighted by atomic mass is 15.3. The average molecular weight is 588 g/mol. The molecule has 0 radical (unpaired) electrons. The van der Waals surface area contributed by atoms with Crippen LogP contribution in [0.5, 0.6) is 0 Å². The Morgan fingerprint density at radius 3 is 1.85 bits per heavy atom. The van der Waals surface area contributed by atoms with Gasteiger partial charge in [-0.1, -0.05) is 104 Å². The van der Waals surface area contributed by atoms with Crippen molar-refractivity contribution >= 4 is 76.0 Å². The molecule has 9 aromatic rings. The van der Waals surface area contributed by atoms with Gasteiger partial charge in [-0.15, -0.1) is 0 Å². The molecular formula is C45H33N. The summed E-state index contributed by atoms with van der Waals surface area (Å²) in [5.41, 5.74) is 7.03. The number of hydrogen-bond acceptors (Lipinski definition) is 1. The fourth-order valence-corrected chi connectivity index (χ4v) is 10.1. The van der Waals surface area contributed by atoms with Crippen molar-refractivity contribution < 1.29 is 0 Å². The predicted octanol–water partition coefficient (Wildman–Crippen LogP) is 12.5. The molecule has 1 heteroatoms. The second-order valence-corrected chi connectivity index (χ2v) is 14.4. The molecule has 0 saturated heterocycles. The number of para-hydroxylation sites is 1. The lowest BCUT2D eigenvalue weighted by Gasteiger charge is -2.42. The van der Waals surface area contributed by atoms with Crippen molar-refractivity contribution in [3.8, 4) is 11.1 Å². The average Bonchev–Trinajstić information content (AvgIpc) is 3.75. The zero-order valence-corrected chi connectivity index (χ0v) is 26.2. The monoisotopic (exact) mass is 587 g/mol. The van der Waals surface area contributed by atoms with Crippen molar-refractivity contribution in [1.29, 1.82) is 0 Å². The van der Waals surface area contributed by atoms with E-state index in [9.17, 15) is 0 Å². The molecule has 1 aliphatic heterocycles. The van der Waals surface area contributed by atoms with Gasteiger partial charge in [0, 0.05) is 16.8 Å². The fraction of sp³-hybridized carbons (Fsp3) is 0.156. The zero-order valence-electron chi connectivity index (χ0n) is 26.2. The van der Waals surface area contributed by atoms with Gasteiger partial charge < -0.3 is 4.90 Å². The third kappa shape index (κ3) is 2.85. The standard InChI is InChI=1S/C45H33N/c1-44-22-9-23-45(44,2)46(29-12-4-3-5-13-29)41-21-18-28(24-40(41)44)30-19-20-35-39-26-37-33-15-7-11-27-10-6-14-32(42(27)33)36(37)25-38(39)34-17-8-16-31(30)43(34)35/h3-8,10-21,24-26H,9,22-23H2,1-2H3. The van der Waals surface area contributed by atoms with Gasteiger partial charge in [-0.3, -0.25) is 0 Å². The number of nitrogens with zero attached hydrogens (tertiary/aromatic N) is 1. The first-order chi connectivity index (χ1) is 22.5. The summed E-state index contributed by atoms with van der Waals surface area (Å²) in [7, 11) is 0. The molecular weight excluding hydrogens is 555 g/mol. The van der Waals surface area contributed by atoms with Crippen LogP contribution >= 0.6 is 0 Å². The van der Waals surface area contributed by atoms with Crippen LogP contribution in [-0.4, -0.2) is 5.54 Å². The lowest BCUT2D eigenvalue weighted by molar-refractivity contribution is 0.330. The van der Waals surface area contributed by atoms with E-state index in [2.05, 4.69) is 146 Å². The van der Waals surface area contributed by atoms with Crippen molar-refractivity contribution in [2.24, 2.45) is 0 Å². The SMILES string of the molecule is CC12CCCC1(C)N(c1ccccc1)c1ccc(-c3ccc4c5cc6c(cc5c5cccc3c54)c3cccc4cccc6c43)cc12. The highest BCUT2D eigenvalue weighted by Crippen LogP contribution is 2.62. The Bertz CT molecular complexity index is 2620. The molecule has 0 bridgehead atoms. The van der Waals surface area contributed by atoms with Gasteiger partial charge in [-0.2, -0.15) is 0 Å². The molecule has 1 heterocycles. The number of benzene rings is 7. The van der Waals surface area contributed by atoms with Gasteiger partial charge in [0.1, 0.15) is 0 Å². The summed E-state index contributed by atoms with van der Waals surface area (Å²) in [6.07, 6.45) is 3.71. The van der Waals surface area contributed by atoms with E-state index >= 15 is 0 Å². The summed E-state index contributed by atoms with van der Waals surface area (Å²) in [4.78, 5) is 2.65. The highest BCUT2D eigenvalue weighted by Gasteiger charge is 2.59. The normalized spacial score (nSPS) is 21.1. The Morgan fingerprint density at radius 2 is 1.13 bits per heavy atom. The lowest BCUT2D eigenvalue weighted by Crippen LogP contribution is -2.48. The topological polar surface area (TPSA) is 3.24 Å². The van der Waals surface area contributed by atoms with Crippen molar-refractivity contribution in [1.82, 2.24) is 0 Å². The summed E-state index contributed by atoms with van der Waals surface area (Å²) in [6, 6.07) is 48.5. The van der Waals surface area contributed by atoms with Crippen LogP contribution < -0.4 is 4.90 Å². The molecule has 1 aliphatic carbocycles. The number of anilines is 2. The maximum absolute atomic E-state index is 2.65. The van der Waals surface area contributed by atoms with Crippen LogP contribution in [-0.2, 0) is 5.41 Å². The Balaban J connectivity index is 1.15. The zero-order chi connectivity index (χ0) is 30.4. The molecule has 0 N–H and O–H groups in total. The fourth-order valence-electron chi connectivity index (χ4n) is 10.1. The first-order valence-corrected chi connectivity index (χ1v) is 16.8. The Labute approximate surface area is 268 Å². The summed E-state index contributed by atoms with van der Waals surface area (Å²) >= 11 is 0. The van der Waals surface area contributed by atoms with E-state index in [0.29, 0.717) is 0 Å². The second kappa shape index (κ2) is 8.36. The predicted molar refractivity (Wildman–Crippen MR) is 197 cm³/mol. The van der Waals surface area contributed by atoms with E-state index in [-0.39, 0.29) is 11.0 Å². The van der Waals surface area contributed by atoms with Gasteiger partial charge in [-0.05, 0) is 137 Å². The van der Waals surface area contributed by atoms with Crippen LogP contribution in [0.25, 0.3) is 75.8 Å². The molecule has 1 nitrogen and oxygen atoms in total. The third-order valence-corrected chi connectivity index (χ3v) is 12.4. The van der Waals surface area contributed by atoms with Gasteiger partial charge in [0.2, 0.25) is 0 Å². The minimum Gasteiger partial charge on any atom is -0.334 e. The van der Waals surface area contributed by atoms with Gasteiger partial charge in [0.25, 0.3) is 0 Å². The molecule has 0 amide bonds. The highest BCUT2D eigenvalue weighted by molar-refractivity contribution is 6.38. The molecule has 2 atom stereocenters. The molecule has 2 aliphatic rings. The van der Waals surface area contributed by atoms with Gasteiger partial charge >= 0.3 is 0 Å². The van der Waals surface area contributed by atoms with Gasteiger partial charge in [-0.25, -0.2) is 0 Å². The van der Waals surface area contributed by atoms with E-state index in [4.69, 9.17) is 0 Å². The minimum atomic E-state index is 0.0717. The third-order valence-electron chi connectivity index (χ3n) is 12.4. The smallest absolute Gasteiger partial charge is 0.0517 e. The van der Waals surface area contributed by atoms with Crippen LogP contribution in [0.15, 0.2) is 127 Å². The first-order valence-electron chi connectivity index (χ1n) is 16.8. The Kier molecular flexibility index (Phi) is 4.56. The molecule has 1 saturated carbocycles. The van der Waals surface area contributed by atoms with Crippen molar-refractivity contribution in [3.63, 3.8) is 0 Å². The van der Waals surface area contributed by atoms with Crippen molar-refractivity contribution in [2.75, 3.05) is 4.90 Å². The second-order valence-electron chi connectivity index (χ2n) is 14.4. The van der Waals surface area contributed by atoms with Gasteiger partial charge in [0.15, 0.2) is 0 Å². The van der Waals surface area contributed by atoms with Crippen molar-refractivity contribution in [2.45, 2.75) is 44.1 Å². The van der Waals surface area contributed by atoms with Crippen LogP contribution in [0.4, 0.5) is 11.4 Å². The largest absolute Gasteiger partial charge is 0.334 e. The van der Waals surface area contributed by atoms with E-state index in [0.717, 1.165) is 0 Å². The Morgan fingerprint density at radius 1 is 0.500 bits per heavy atom. The van der Waals surface area contributed by atoms with E-state index < -0.39 is 0 Å². The molecule has 1 fully saturated rings. The molecule has 0 aromatic heterocycles. The summed E-state index contributed by atoms with van der Waals surface area (Å²) in [5, 5.41) is 16.4. The summed E-state index contributed by atoms with van der Waals surface area (Å²) < 4.78 is 0. The first kappa shape index (κ1) is 25.1. The summed E-state index contributed by atoms with van der Waals surface area (Å²) in [6.45, 7) is 5.02. The van der Waals surface area contributed by atoms with Crippen LogP contribution in [0.1, 0.15) is 38.7 Å². The maximum Gasteiger partial charge on any atom is 0.0517 e. The molecule has 0 spiro atoms. The van der Waals surface area contributed by atoms with Crippen LogP contribution in [0, 0.1) is 0 Å².